The van der Waals surface area contributed by atoms with Crippen molar-refractivity contribution in [1.82, 2.24) is 14.6 Å². The van der Waals surface area contributed by atoms with Crippen LogP contribution in [0.15, 0.2) is 23.2 Å². The van der Waals surface area contributed by atoms with Crippen molar-refractivity contribution < 1.29 is 8.42 Å². The minimum atomic E-state index is -3.39. The molecule has 7 heteroatoms. The molecule has 0 saturated carbocycles. The van der Waals surface area contributed by atoms with Gasteiger partial charge in [0, 0.05) is 32.4 Å². The van der Waals surface area contributed by atoms with Crippen LogP contribution in [0.5, 0.6) is 0 Å². The highest BCUT2D eigenvalue weighted by molar-refractivity contribution is 7.89. The third-order valence-electron chi connectivity index (χ3n) is 3.13. The maximum Gasteiger partial charge on any atom is 0.241 e. The molecule has 1 N–H and O–H groups in total. The fraction of sp³-hybridized carbons (Fsp3) is 0.545. The van der Waals surface area contributed by atoms with Crippen LogP contribution in [0.25, 0.3) is 0 Å². The first-order valence-corrected chi connectivity index (χ1v) is 7.34. The van der Waals surface area contributed by atoms with Crippen molar-refractivity contribution in [1.29, 1.82) is 0 Å². The number of anilines is 1. The summed E-state index contributed by atoms with van der Waals surface area (Å²) in [4.78, 5) is 8.85. The molecule has 2 heterocycles. The largest absolute Gasteiger partial charge is 0.354 e. The monoisotopic (exact) mass is 270 g/mol. The van der Waals surface area contributed by atoms with Crippen molar-refractivity contribution in [3.05, 3.63) is 18.3 Å². The first-order valence-electron chi connectivity index (χ1n) is 5.86. The minimum absolute atomic E-state index is 0.197. The molecular formula is C11H18N4O2S. The maximum absolute atomic E-state index is 11.6. The molecule has 0 bridgehead atoms. The molecule has 0 aliphatic carbocycles. The van der Waals surface area contributed by atoms with Crippen LogP contribution in [0.2, 0.25) is 0 Å². The van der Waals surface area contributed by atoms with Gasteiger partial charge in [0.15, 0.2) is 0 Å². The Kier molecular flexibility index (Phi) is 3.84. The van der Waals surface area contributed by atoms with E-state index in [1.54, 1.807) is 12.1 Å². The van der Waals surface area contributed by atoms with E-state index >= 15 is 0 Å². The zero-order valence-corrected chi connectivity index (χ0v) is 11.4. The molecule has 0 radical (unpaired) electrons. The van der Waals surface area contributed by atoms with E-state index < -0.39 is 10.0 Å². The van der Waals surface area contributed by atoms with Crippen molar-refractivity contribution in [3.8, 4) is 0 Å². The summed E-state index contributed by atoms with van der Waals surface area (Å²) in [7, 11) is 0.0895. The van der Waals surface area contributed by atoms with Crippen LogP contribution in [0, 0.1) is 0 Å². The molecule has 0 atom stereocenters. The fourth-order valence-corrected chi connectivity index (χ4v) is 2.55. The second kappa shape index (κ2) is 5.21. The first-order chi connectivity index (χ1) is 8.53. The van der Waals surface area contributed by atoms with Gasteiger partial charge >= 0.3 is 0 Å². The minimum Gasteiger partial charge on any atom is -0.354 e. The van der Waals surface area contributed by atoms with Gasteiger partial charge in [-0.15, -0.1) is 0 Å². The van der Waals surface area contributed by atoms with Gasteiger partial charge < -0.3 is 9.80 Å². The molecule has 6 nitrogen and oxygen atoms in total. The normalized spacial score (nSPS) is 18.0. The summed E-state index contributed by atoms with van der Waals surface area (Å²) in [5.74, 6) is 0.832. The molecule has 100 valence electrons. The Labute approximate surface area is 108 Å². The summed E-state index contributed by atoms with van der Waals surface area (Å²) >= 11 is 0. The third kappa shape index (κ3) is 2.80. The number of likely N-dealkylation sites (N-methyl/N-ethyl adjacent to an activating group) is 1. The molecule has 1 aromatic rings. The van der Waals surface area contributed by atoms with Crippen molar-refractivity contribution in [2.75, 3.05) is 45.2 Å². The van der Waals surface area contributed by atoms with Crippen LogP contribution < -0.4 is 9.62 Å². The molecule has 1 aliphatic heterocycles. The summed E-state index contributed by atoms with van der Waals surface area (Å²) in [6.07, 6.45) is 1.40. The summed E-state index contributed by atoms with van der Waals surface area (Å²) in [6, 6.07) is 3.35. The van der Waals surface area contributed by atoms with E-state index in [9.17, 15) is 8.42 Å². The molecule has 0 spiro atoms. The molecule has 2 rings (SSSR count). The number of nitrogens with one attached hydrogen (secondary N) is 1. The number of rotatable bonds is 3. The van der Waals surface area contributed by atoms with Gasteiger partial charge in [0.2, 0.25) is 10.0 Å². The second-order valence-corrected chi connectivity index (χ2v) is 6.24. The maximum atomic E-state index is 11.6. The Hall–Kier alpha value is -1.18. The Morgan fingerprint density at radius 3 is 2.39 bits per heavy atom. The fourth-order valence-electron chi connectivity index (χ4n) is 1.87. The average molecular weight is 270 g/mol. The van der Waals surface area contributed by atoms with Gasteiger partial charge in [0.1, 0.15) is 10.7 Å². The third-order valence-corrected chi connectivity index (χ3v) is 4.53. The summed E-state index contributed by atoms with van der Waals surface area (Å²) in [5, 5.41) is 0. The lowest BCUT2D eigenvalue weighted by molar-refractivity contribution is 0.312. The van der Waals surface area contributed by atoms with Gasteiger partial charge in [-0.25, -0.2) is 18.1 Å². The van der Waals surface area contributed by atoms with Gasteiger partial charge in [-0.2, -0.15) is 0 Å². The predicted octanol–water partition coefficient (Wildman–Crippen LogP) is -0.258. The standard InChI is InChI=1S/C11H18N4O2S/c1-12-18(16,17)10-3-4-11(13-9-10)15-7-5-14(2)6-8-15/h3-4,9,12H,5-8H2,1-2H3. The molecule has 18 heavy (non-hydrogen) atoms. The van der Waals surface area contributed by atoms with Gasteiger partial charge in [0.25, 0.3) is 0 Å². The summed E-state index contributed by atoms with van der Waals surface area (Å²) in [5.41, 5.74) is 0. The quantitative estimate of drug-likeness (QED) is 0.820. The highest BCUT2D eigenvalue weighted by Crippen LogP contribution is 2.15. The summed E-state index contributed by atoms with van der Waals surface area (Å²) < 4.78 is 25.4. The van der Waals surface area contributed by atoms with Crippen molar-refractivity contribution in [2.24, 2.45) is 0 Å². The number of hydrogen-bond donors (Lipinski definition) is 1. The molecule has 0 aromatic carbocycles. The highest BCUT2D eigenvalue weighted by atomic mass is 32.2. The van der Waals surface area contributed by atoms with Crippen molar-refractivity contribution in [3.63, 3.8) is 0 Å². The van der Waals surface area contributed by atoms with Crippen LogP contribution in [0.4, 0.5) is 5.82 Å². The number of sulfonamides is 1. The highest BCUT2D eigenvalue weighted by Gasteiger charge is 2.17. The SMILES string of the molecule is CNS(=O)(=O)c1ccc(N2CCN(C)CC2)nc1. The van der Waals surface area contributed by atoms with E-state index in [-0.39, 0.29) is 4.90 Å². The number of pyridine rings is 1. The van der Waals surface area contributed by atoms with Gasteiger partial charge in [-0.3, -0.25) is 0 Å². The van der Waals surface area contributed by atoms with E-state index in [1.165, 1.54) is 13.2 Å². The molecule has 1 saturated heterocycles. The van der Waals surface area contributed by atoms with Gasteiger partial charge in [0.05, 0.1) is 0 Å². The van der Waals surface area contributed by atoms with E-state index in [4.69, 9.17) is 0 Å². The Morgan fingerprint density at radius 2 is 1.89 bits per heavy atom. The molecule has 0 unspecified atom stereocenters. The molecule has 1 aromatic heterocycles. The van der Waals surface area contributed by atoms with Crippen LogP contribution in [-0.4, -0.2) is 58.6 Å². The summed E-state index contributed by atoms with van der Waals surface area (Å²) in [6.45, 7) is 3.83. The lowest BCUT2D eigenvalue weighted by Crippen LogP contribution is -2.44. The Bertz CT molecular complexity index is 492. The molecule has 1 fully saturated rings. The van der Waals surface area contributed by atoms with Crippen LogP contribution in [-0.2, 0) is 10.0 Å². The van der Waals surface area contributed by atoms with E-state index in [0.29, 0.717) is 0 Å². The molecule has 0 amide bonds. The van der Waals surface area contributed by atoms with Crippen LogP contribution >= 0.6 is 0 Å². The first kappa shape index (κ1) is 13.3. The van der Waals surface area contributed by atoms with E-state index in [2.05, 4.69) is 26.6 Å². The number of nitrogens with zero attached hydrogens (tertiary/aromatic N) is 3. The number of aromatic nitrogens is 1. The predicted molar refractivity (Wildman–Crippen MR) is 70.2 cm³/mol. The Morgan fingerprint density at radius 1 is 1.22 bits per heavy atom. The van der Waals surface area contributed by atoms with Gasteiger partial charge in [-0.05, 0) is 26.2 Å². The lowest BCUT2D eigenvalue weighted by Gasteiger charge is -2.33. The van der Waals surface area contributed by atoms with Gasteiger partial charge in [-0.1, -0.05) is 0 Å². The average Bonchev–Trinajstić information content (AvgIpc) is 2.40. The number of hydrogen-bond acceptors (Lipinski definition) is 5. The molecular weight excluding hydrogens is 252 g/mol. The van der Waals surface area contributed by atoms with Crippen LogP contribution in [0.3, 0.4) is 0 Å². The topological polar surface area (TPSA) is 65.5 Å². The van der Waals surface area contributed by atoms with E-state index in [1.807, 2.05) is 0 Å². The second-order valence-electron chi connectivity index (χ2n) is 4.35. The van der Waals surface area contributed by atoms with E-state index in [0.717, 1.165) is 32.0 Å². The lowest BCUT2D eigenvalue weighted by atomic mass is 10.3. The smallest absolute Gasteiger partial charge is 0.241 e. The number of piperazine rings is 1. The van der Waals surface area contributed by atoms with Crippen molar-refractivity contribution >= 4 is 15.8 Å². The Balaban J connectivity index is 2.13. The van der Waals surface area contributed by atoms with Crippen molar-refractivity contribution in [2.45, 2.75) is 4.90 Å². The molecule has 1 aliphatic rings. The zero-order valence-electron chi connectivity index (χ0n) is 10.6. The van der Waals surface area contributed by atoms with Crippen LogP contribution in [0.1, 0.15) is 0 Å². The zero-order chi connectivity index (χ0) is 13.2.